The molecule has 1 atom stereocenters. The van der Waals surface area contributed by atoms with Gasteiger partial charge in [-0.25, -0.2) is 4.79 Å². The molecule has 0 spiro atoms. The van der Waals surface area contributed by atoms with Gasteiger partial charge in [0.15, 0.2) is 5.69 Å². The Morgan fingerprint density at radius 2 is 2.00 bits per heavy atom. The van der Waals surface area contributed by atoms with Crippen LogP contribution in [0.25, 0.3) is 0 Å². The third-order valence-electron chi connectivity index (χ3n) is 5.80. The van der Waals surface area contributed by atoms with Crippen LogP contribution in [0, 0.1) is 0 Å². The van der Waals surface area contributed by atoms with Crippen molar-refractivity contribution in [3.05, 3.63) is 50.7 Å². The molecule has 2 aromatic rings. The Bertz CT molecular complexity index is 1130. The summed E-state index contributed by atoms with van der Waals surface area (Å²) in [7, 11) is 0. The summed E-state index contributed by atoms with van der Waals surface area (Å²) in [6.45, 7) is 5.10. The highest BCUT2D eigenvalue weighted by atomic mass is 16.5. The molecule has 0 aliphatic carbocycles. The van der Waals surface area contributed by atoms with E-state index in [2.05, 4.69) is 10.3 Å². The second-order valence-electron chi connectivity index (χ2n) is 8.38. The highest BCUT2D eigenvalue weighted by molar-refractivity contribution is 6.08. The van der Waals surface area contributed by atoms with Gasteiger partial charge >= 0.3 is 5.69 Å². The fraction of sp³-hybridized carbons (Fsp3) is 0.500. The molecular weight excluding hydrogens is 438 g/mol. The molecular formula is C24H33N5O5. The third-order valence-corrected chi connectivity index (χ3v) is 5.80. The van der Waals surface area contributed by atoms with Crippen molar-refractivity contribution >= 4 is 29.0 Å². The molecule has 0 bridgehead atoms. The van der Waals surface area contributed by atoms with Crippen LogP contribution in [0.5, 0.6) is 0 Å². The molecule has 2 heterocycles. The van der Waals surface area contributed by atoms with Gasteiger partial charge in [-0.1, -0.05) is 32.8 Å². The standard InChI is InChI=1S/C24H33N5O5/c1-3-5-12-28(19-20(25)29(13-6-4-2)24(33)27-22(19)31)23(32)16-9-7-10-17(15-16)26-21(30)18-11-8-14-34-18/h7,9-10,15,18H,3-6,8,11-14,25H2,1-2H3,(H,26,30)(H,27,31,33). The molecule has 1 aliphatic heterocycles. The van der Waals surface area contributed by atoms with Gasteiger partial charge < -0.3 is 20.7 Å². The zero-order valence-electron chi connectivity index (χ0n) is 19.8. The zero-order chi connectivity index (χ0) is 24.7. The van der Waals surface area contributed by atoms with Gasteiger partial charge in [0.1, 0.15) is 11.9 Å². The number of unbranched alkanes of at least 4 members (excludes halogenated alkanes) is 2. The molecule has 0 saturated carbocycles. The van der Waals surface area contributed by atoms with Crippen molar-refractivity contribution < 1.29 is 14.3 Å². The molecule has 3 rings (SSSR count). The number of H-pyrrole nitrogens is 1. The van der Waals surface area contributed by atoms with Crippen LogP contribution in [-0.4, -0.2) is 40.6 Å². The van der Waals surface area contributed by atoms with Crippen molar-refractivity contribution in [1.29, 1.82) is 0 Å². The quantitative estimate of drug-likeness (QED) is 0.486. The van der Waals surface area contributed by atoms with Gasteiger partial charge in [-0.15, -0.1) is 0 Å². The summed E-state index contributed by atoms with van der Waals surface area (Å²) in [4.78, 5) is 54.7. The average molecular weight is 472 g/mol. The van der Waals surface area contributed by atoms with Gasteiger partial charge in [-0.2, -0.15) is 0 Å². The molecule has 0 radical (unpaired) electrons. The fourth-order valence-corrected chi connectivity index (χ4v) is 3.90. The number of hydrogen-bond donors (Lipinski definition) is 3. The first kappa shape index (κ1) is 25.2. The predicted octanol–water partition coefficient (Wildman–Crippen LogP) is 2.48. The first-order valence-electron chi connectivity index (χ1n) is 11.8. The van der Waals surface area contributed by atoms with E-state index in [-0.39, 0.29) is 29.5 Å². The summed E-state index contributed by atoms with van der Waals surface area (Å²) in [5.74, 6) is -0.734. The van der Waals surface area contributed by atoms with Gasteiger partial charge in [0.2, 0.25) is 0 Å². The zero-order valence-corrected chi connectivity index (χ0v) is 19.8. The number of aromatic amines is 1. The normalized spacial score (nSPS) is 15.3. The first-order valence-corrected chi connectivity index (χ1v) is 11.8. The monoisotopic (exact) mass is 471 g/mol. The molecule has 10 nitrogen and oxygen atoms in total. The molecule has 1 aromatic carbocycles. The molecule has 10 heteroatoms. The van der Waals surface area contributed by atoms with Crippen LogP contribution in [0.1, 0.15) is 62.7 Å². The van der Waals surface area contributed by atoms with Gasteiger partial charge in [-0.05, 0) is 43.9 Å². The molecule has 1 unspecified atom stereocenters. The molecule has 4 N–H and O–H groups in total. The summed E-state index contributed by atoms with van der Waals surface area (Å²) in [6, 6.07) is 6.52. The number of benzene rings is 1. The van der Waals surface area contributed by atoms with Gasteiger partial charge in [0.05, 0.1) is 0 Å². The fourth-order valence-electron chi connectivity index (χ4n) is 3.90. The topological polar surface area (TPSA) is 140 Å². The number of ether oxygens (including phenoxy) is 1. The van der Waals surface area contributed by atoms with E-state index in [9.17, 15) is 19.2 Å². The van der Waals surface area contributed by atoms with E-state index < -0.39 is 23.3 Å². The van der Waals surface area contributed by atoms with Gasteiger partial charge in [0.25, 0.3) is 17.4 Å². The lowest BCUT2D eigenvalue weighted by Crippen LogP contribution is -2.41. The summed E-state index contributed by atoms with van der Waals surface area (Å²) < 4.78 is 6.71. The van der Waals surface area contributed by atoms with E-state index >= 15 is 0 Å². The minimum absolute atomic E-state index is 0.0329. The third kappa shape index (κ3) is 5.74. The first-order chi connectivity index (χ1) is 16.4. The van der Waals surface area contributed by atoms with E-state index in [4.69, 9.17) is 10.5 Å². The van der Waals surface area contributed by atoms with E-state index in [0.717, 1.165) is 19.3 Å². The lowest BCUT2D eigenvalue weighted by atomic mass is 10.1. The van der Waals surface area contributed by atoms with Crippen LogP contribution in [-0.2, 0) is 16.1 Å². The molecule has 1 aliphatic rings. The van der Waals surface area contributed by atoms with Crippen molar-refractivity contribution in [2.24, 2.45) is 0 Å². The number of aromatic nitrogens is 2. The lowest BCUT2D eigenvalue weighted by Gasteiger charge is -2.25. The van der Waals surface area contributed by atoms with Crippen molar-refractivity contribution in [2.75, 3.05) is 29.1 Å². The number of anilines is 3. The van der Waals surface area contributed by atoms with E-state index in [0.29, 0.717) is 38.1 Å². The van der Waals surface area contributed by atoms with Crippen LogP contribution in [0.4, 0.5) is 17.2 Å². The number of nitrogens with two attached hydrogens (primary N) is 1. The van der Waals surface area contributed by atoms with Gasteiger partial charge in [-0.3, -0.25) is 23.9 Å². The van der Waals surface area contributed by atoms with Crippen LogP contribution in [0.3, 0.4) is 0 Å². The van der Waals surface area contributed by atoms with Crippen molar-refractivity contribution in [2.45, 2.75) is 65.0 Å². The smallest absolute Gasteiger partial charge is 0.330 e. The molecule has 1 fully saturated rings. The Hall–Kier alpha value is -3.40. The van der Waals surface area contributed by atoms with E-state index in [1.807, 2.05) is 13.8 Å². The largest absolute Gasteiger partial charge is 0.383 e. The maximum atomic E-state index is 13.6. The maximum Gasteiger partial charge on any atom is 0.330 e. The van der Waals surface area contributed by atoms with Crippen LogP contribution >= 0.6 is 0 Å². The van der Waals surface area contributed by atoms with Gasteiger partial charge in [0, 0.05) is 30.9 Å². The second-order valence-corrected chi connectivity index (χ2v) is 8.38. The number of carbonyl (C=O) groups is 2. The van der Waals surface area contributed by atoms with Crippen LogP contribution in [0.15, 0.2) is 33.9 Å². The summed E-state index contributed by atoms with van der Waals surface area (Å²) >= 11 is 0. The predicted molar refractivity (Wildman–Crippen MR) is 131 cm³/mol. The van der Waals surface area contributed by atoms with Crippen LogP contribution < -0.4 is 27.2 Å². The number of nitrogens with zero attached hydrogens (tertiary/aromatic N) is 2. The van der Waals surface area contributed by atoms with E-state index in [1.165, 1.54) is 9.47 Å². The summed E-state index contributed by atoms with van der Waals surface area (Å²) in [6.07, 6.45) is 3.95. The SMILES string of the molecule is CCCCN(C(=O)c1cccc(NC(=O)C2CCCO2)c1)c1c(N)n(CCCC)c(=O)[nH]c1=O. The highest BCUT2D eigenvalue weighted by Crippen LogP contribution is 2.22. The van der Waals surface area contributed by atoms with Crippen molar-refractivity contribution in [1.82, 2.24) is 9.55 Å². The highest BCUT2D eigenvalue weighted by Gasteiger charge is 2.26. The number of amides is 2. The number of carbonyl (C=O) groups excluding carboxylic acids is 2. The minimum atomic E-state index is -0.706. The van der Waals surface area contributed by atoms with Crippen molar-refractivity contribution in [3.8, 4) is 0 Å². The Kier molecular flexibility index (Phi) is 8.64. The Labute approximate surface area is 198 Å². The number of nitrogens with one attached hydrogen (secondary N) is 2. The molecule has 34 heavy (non-hydrogen) atoms. The Balaban J connectivity index is 1.94. The number of rotatable bonds is 10. The maximum absolute atomic E-state index is 13.6. The molecule has 1 saturated heterocycles. The summed E-state index contributed by atoms with van der Waals surface area (Å²) in [5, 5.41) is 2.79. The van der Waals surface area contributed by atoms with Crippen molar-refractivity contribution in [3.63, 3.8) is 0 Å². The molecule has 1 aromatic heterocycles. The molecule has 184 valence electrons. The second kappa shape index (κ2) is 11.6. The Morgan fingerprint density at radius 1 is 1.24 bits per heavy atom. The minimum Gasteiger partial charge on any atom is -0.383 e. The average Bonchev–Trinajstić information content (AvgIpc) is 3.36. The summed E-state index contributed by atoms with van der Waals surface area (Å²) in [5.41, 5.74) is 5.66. The number of hydrogen-bond acceptors (Lipinski definition) is 6. The molecule has 2 amide bonds. The number of nitrogen functional groups attached to an aromatic ring is 1. The van der Waals surface area contributed by atoms with Crippen LogP contribution in [0.2, 0.25) is 0 Å². The van der Waals surface area contributed by atoms with E-state index in [1.54, 1.807) is 24.3 Å². The lowest BCUT2D eigenvalue weighted by molar-refractivity contribution is -0.124. The Morgan fingerprint density at radius 3 is 2.68 bits per heavy atom.